The lowest BCUT2D eigenvalue weighted by Gasteiger charge is -2.27. The van der Waals surface area contributed by atoms with Crippen molar-refractivity contribution in [3.05, 3.63) is 89.6 Å². The normalized spacial score (nSPS) is 10.7. The van der Waals surface area contributed by atoms with Gasteiger partial charge in [-0.3, -0.25) is 4.79 Å². The molecular weight excluding hydrogens is 435 g/mol. The second-order valence-corrected chi connectivity index (χ2v) is 7.43. The van der Waals surface area contributed by atoms with Crippen molar-refractivity contribution in [3.8, 4) is 0 Å². The first-order valence-electron chi connectivity index (χ1n) is 10.4. The Labute approximate surface area is 189 Å². The summed E-state index contributed by atoms with van der Waals surface area (Å²) in [5.74, 6) is -1.90. The molecule has 0 unspecified atom stereocenters. The molecule has 3 rings (SSSR count). The number of urea groups is 1. The zero-order chi connectivity index (χ0) is 23.8. The van der Waals surface area contributed by atoms with Crippen molar-refractivity contribution < 1.29 is 27.2 Å². The van der Waals surface area contributed by atoms with Gasteiger partial charge in [0, 0.05) is 19.2 Å². The van der Waals surface area contributed by atoms with Crippen molar-refractivity contribution in [2.45, 2.75) is 26.4 Å². The number of amides is 3. The maximum absolute atomic E-state index is 13.9. The summed E-state index contributed by atoms with van der Waals surface area (Å²) in [6.07, 6.45) is 2.05. The highest BCUT2D eigenvalue weighted by Gasteiger charge is 2.23. The second kappa shape index (κ2) is 11.2. The van der Waals surface area contributed by atoms with Gasteiger partial charge < -0.3 is 19.5 Å². The molecule has 0 radical (unpaired) electrons. The van der Waals surface area contributed by atoms with Crippen LogP contribution in [-0.4, -0.2) is 34.8 Å². The molecule has 0 spiro atoms. The van der Waals surface area contributed by atoms with Gasteiger partial charge in [-0.2, -0.15) is 0 Å². The maximum atomic E-state index is 13.9. The van der Waals surface area contributed by atoms with Gasteiger partial charge in [0.05, 0.1) is 18.5 Å². The first-order valence-corrected chi connectivity index (χ1v) is 10.4. The second-order valence-electron chi connectivity index (χ2n) is 7.43. The van der Waals surface area contributed by atoms with Crippen LogP contribution in [0, 0.1) is 17.5 Å². The van der Waals surface area contributed by atoms with Crippen LogP contribution in [-0.2, 0) is 17.9 Å². The van der Waals surface area contributed by atoms with Gasteiger partial charge in [-0.15, -0.1) is 0 Å². The minimum Gasteiger partial charge on any atom is -0.467 e. The van der Waals surface area contributed by atoms with Gasteiger partial charge in [-0.25, -0.2) is 18.0 Å². The Morgan fingerprint density at radius 1 is 0.939 bits per heavy atom. The molecule has 0 fully saturated rings. The molecule has 174 valence electrons. The molecule has 2 aromatic carbocycles. The number of halogens is 3. The molecule has 0 aliphatic carbocycles. The molecule has 33 heavy (non-hydrogen) atoms. The van der Waals surface area contributed by atoms with E-state index in [4.69, 9.17) is 4.42 Å². The first-order chi connectivity index (χ1) is 15.9. The van der Waals surface area contributed by atoms with E-state index in [1.165, 1.54) is 28.2 Å². The molecule has 3 amide bonds. The highest BCUT2D eigenvalue weighted by atomic mass is 19.1. The summed E-state index contributed by atoms with van der Waals surface area (Å²) >= 11 is 0. The lowest BCUT2D eigenvalue weighted by molar-refractivity contribution is -0.133. The van der Waals surface area contributed by atoms with Gasteiger partial charge in [0.1, 0.15) is 29.8 Å². The molecule has 0 aliphatic rings. The van der Waals surface area contributed by atoms with E-state index in [-0.39, 0.29) is 43.6 Å². The minimum atomic E-state index is -0.915. The number of benzene rings is 2. The van der Waals surface area contributed by atoms with Crippen LogP contribution in [0.2, 0.25) is 0 Å². The average Bonchev–Trinajstić information content (AvgIpc) is 3.29. The summed E-state index contributed by atoms with van der Waals surface area (Å²) in [5.41, 5.74) is 0.518. The van der Waals surface area contributed by atoms with E-state index in [2.05, 4.69) is 5.32 Å². The summed E-state index contributed by atoms with van der Waals surface area (Å²) in [6, 6.07) is 11.3. The molecule has 9 heteroatoms. The molecule has 0 bridgehead atoms. The van der Waals surface area contributed by atoms with Crippen LogP contribution in [0.15, 0.2) is 65.3 Å². The Bertz CT molecular complexity index is 1070. The summed E-state index contributed by atoms with van der Waals surface area (Å²) in [5, 5.41) is 2.38. The first kappa shape index (κ1) is 23.9. The third kappa shape index (κ3) is 6.86. The smallest absolute Gasteiger partial charge is 0.322 e. The third-order valence-corrected chi connectivity index (χ3v) is 4.85. The predicted molar refractivity (Wildman–Crippen MR) is 117 cm³/mol. The molecule has 1 heterocycles. The largest absolute Gasteiger partial charge is 0.467 e. The van der Waals surface area contributed by atoms with Crippen molar-refractivity contribution in [2.24, 2.45) is 0 Å². The molecule has 6 nitrogen and oxygen atoms in total. The Kier molecular flexibility index (Phi) is 8.12. The number of carbonyl (C=O) groups excluding carboxylic acids is 2. The zero-order valence-electron chi connectivity index (χ0n) is 18.1. The number of furan rings is 1. The number of carbonyl (C=O) groups is 2. The van der Waals surface area contributed by atoms with E-state index >= 15 is 0 Å². The molecule has 0 aliphatic heterocycles. The van der Waals surface area contributed by atoms with E-state index in [9.17, 15) is 22.8 Å². The van der Waals surface area contributed by atoms with E-state index < -0.39 is 17.7 Å². The predicted octanol–water partition coefficient (Wildman–Crippen LogP) is 5.17. The van der Waals surface area contributed by atoms with Crippen LogP contribution in [0.1, 0.15) is 24.7 Å². The average molecular weight is 459 g/mol. The number of nitrogens with zero attached hydrogens (tertiary/aromatic N) is 2. The van der Waals surface area contributed by atoms with Crippen molar-refractivity contribution in [1.29, 1.82) is 0 Å². The van der Waals surface area contributed by atoms with Crippen molar-refractivity contribution in [2.75, 3.05) is 18.4 Å². The molecule has 0 atom stereocenters. The quantitative estimate of drug-likeness (QED) is 0.480. The minimum absolute atomic E-state index is 0.150. The SMILES string of the molecule is CCCN(CC(=O)N(Cc1ccc(F)cc1)Cc1ccco1)C(=O)Nc1ccc(F)cc1F. The van der Waals surface area contributed by atoms with Gasteiger partial charge >= 0.3 is 6.03 Å². The van der Waals surface area contributed by atoms with E-state index in [0.29, 0.717) is 23.8 Å². The molecule has 0 saturated carbocycles. The van der Waals surface area contributed by atoms with Gasteiger partial charge in [0.2, 0.25) is 5.91 Å². The summed E-state index contributed by atoms with van der Waals surface area (Å²) in [4.78, 5) is 28.6. The molecule has 0 saturated heterocycles. The Hall–Kier alpha value is -3.75. The number of hydrogen-bond donors (Lipinski definition) is 1. The third-order valence-electron chi connectivity index (χ3n) is 4.85. The van der Waals surface area contributed by atoms with E-state index in [1.54, 1.807) is 24.3 Å². The van der Waals surface area contributed by atoms with Crippen LogP contribution < -0.4 is 5.32 Å². The molecule has 1 aromatic heterocycles. The summed E-state index contributed by atoms with van der Waals surface area (Å²) < 4.78 is 45.7. The van der Waals surface area contributed by atoms with Gasteiger partial charge in [0.15, 0.2) is 0 Å². The van der Waals surface area contributed by atoms with E-state index in [1.807, 2.05) is 6.92 Å². The fourth-order valence-corrected chi connectivity index (χ4v) is 3.20. The highest BCUT2D eigenvalue weighted by molar-refractivity contribution is 5.92. The number of nitrogens with one attached hydrogen (secondary N) is 1. The van der Waals surface area contributed by atoms with Crippen LogP contribution in [0.25, 0.3) is 0 Å². The van der Waals surface area contributed by atoms with Crippen LogP contribution in [0.5, 0.6) is 0 Å². The summed E-state index contributed by atoms with van der Waals surface area (Å²) in [6.45, 7) is 2.13. The fourth-order valence-electron chi connectivity index (χ4n) is 3.20. The maximum Gasteiger partial charge on any atom is 0.322 e. The Morgan fingerprint density at radius 3 is 2.30 bits per heavy atom. The fraction of sp³-hybridized carbons (Fsp3) is 0.250. The topological polar surface area (TPSA) is 65.8 Å². The van der Waals surface area contributed by atoms with Crippen molar-refractivity contribution in [1.82, 2.24) is 9.80 Å². The van der Waals surface area contributed by atoms with Gasteiger partial charge in [-0.05, 0) is 48.4 Å². The van der Waals surface area contributed by atoms with E-state index in [0.717, 1.165) is 12.1 Å². The number of hydrogen-bond acceptors (Lipinski definition) is 3. The van der Waals surface area contributed by atoms with Gasteiger partial charge in [-0.1, -0.05) is 19.1 Å². The lowest BCUT2D eigenvalue weighted by Crippen LogP contribution is -2.44. The zero-order valence-corrected chi connectivity index (χ0v) is 18.1. The number of anilines is 1. The van der Waals surface area contributed by atoms with Gasteiger partial charge in [0.25, 0.3) is 0 Å². The lowest BCUT2D eigenvalue weighted by atomic mass is 10.2. The Morgan fingerprint density at radius 2 is 1.67 bits per heavy atom. The van der Waals surface area contributed by atoms with Crippen LogP contribution in [0.4, 0.5) is 23.7 Å². The Balaban J connectivity index is 1.74. The van der Waals surface area contributed by atoms with Crippen LogP contribution in [0.3, 0.4) is 0 Å². The number of rotatable bonds is 9. The van der Waals surface area contributed by atoms with Crippen LogP contribution >= 0.6 is 0 Å². The standard InChI is InChI=1S/C24H24F3N3O3/c1-2-11-29(24(32)28-22-10-9-19(26)13-21(22)27)16-23(31)30(15-20-4-3-12-33-20)14-17-5-7-18(25)8-6-17/h3-10,12-13H,2,11,14-16H2,1H3,(H,28,32). The highest BCUT2D eigenvalue weighted by Crippen LogP contribution is 2.17. The molecule has 3 aromatic rings. The summed E-state index contributed by atoms with van der Waals surface area (Å²) in [7, 11) is 0. The molecule has 1 N–H and O–H groups in total. The molecular formula is C24H24F3N3O3. The van der Waals surface area contributed by atoms with Crippen molar-refractivity contribution in [3.63, 3.8) is 0 Å². The monoisotopic (exact) mass is 459 g/mol. The van der Waals surface area contributed by atoms with Crippen molar-refractivity contribution >= 4 is 17.6 Å².